The van der Waals surface area contributed by atoms with Crippen molar-refractivity contribution < 1.29 is 4.79 Å². The second-order valence-corrected chi connectivity index (χ2v) is 4.73. The molecule has 0 aromatic heterocycles. The van der Waals surface area contributed by atoms with Crippen molar-refractivity contribution in [3.63, 3.8) is 0 Å². The number of thiol groups is 1. The fourth-order valence-corrected chi connectivity index (χ4v) is 2.40. The normalized spacial score (nSPS) is 15.4. The van der Waals surface area contributed by atoms with E-state index in [2.05, 4.69) is 30.6 Å². The Balaban J connectivity index is 2.35. The molecular formula is C13H18N2OS. The Labute approximate surface area is 108 Å². The predicted octanol–water partition coefficient (Wildman–Crippen LogP) is 2.18. The van der Waals surface area contributed by atoms with Crippen molar-refractivity contribution in [2.75, 3.05) is 35.7 Å². The van der Waals surface area contributed by atoms with Gasteiger partial charge in [0.25, 0.3) is 0 Å². The van der Waals surface area contributed by atoms with Crippen LogP contribution in [0.4, 0.5) is 11.4 Å². The number of fused-ring (bicyclic) bond motifs is 1. The van der Waals surface area contributed by atoms with Crippen molar-refractivity contribution in [3.05, 3.63) is 24.3 Å². The quantitative estimate of drug-likeness (QED) is 0.813. The third-order valence-electron chi connectivity index (χ3n) is 3.09. The van der Waals surface area contributed by atoms with E-state index in [1.807, 2.05) is 23.1 Å². The summed E-state index contributed by atoms with van der Waals surface area (Å²) in [5.41, 5.74) is 2.16. The van der Waals surface area contributed by atoms with Crippen LogP contribution in [-0.4, -0.2) is 31.8 Å². The van der Waals surface area contributed by atoms with Crippen molar-refractivity contribution >= 4 is 29.9 Å². The van der Waals surface area contributed by atoms with Gasteiger partial charge in [-0.3, -0.25) is 4.79 Å². The molecule has 0 fully saturated rings. The first-order valence-corrected chi connectivity index (χ1v) is 6.58. The summed E-state index contributed by atoms with van der Waals surface area (Å²) in [6.45, 7) is 1.79. The van der Waals surface area contributed by atoms with Crippen LogP contribution in [0.2, 0.25) is 0 Å². The van der Waals surface area contributed by atoms with Gasteiger partial charge < -0.3 is 9.80 Å². The molecule has 17 heavy (non-hydrogen) atoms. The number of nitrogens with zero attached hydrogens (tertiary/aromatic N) is 2. The average Bonchev–Trinajstić information content (AvgIpc) is 2.50. The van der Waals surface area contributed by atoms with E-state index in [9.17, 15) is 4.79 Å². The number of rotatable bonds is 2. The van der Waals surface area contributed by atoms with Crippen LogP contribution in [0.5, 0.6) is 0 Å². The Morgan fingerprint density at radius 3 is 2.71 bits per heavy atom. The Morgan fingerprint density at radius 1 is 1.29 bits per heavy atom. The third-order valence-corrected chi connectivity index (χ3v) is 3.31. The molecule has 0 saturated carbocycles. The summed E-state index contributed by atoms with van der Waals surface area (Å²) in [5, 5.41) is 0. The molecule has 0 spiro atoms. The molecule has 0 atom stereocenters. The number of hydrogen-bond acceptors (Lipinski definition) is 3. The molecule has 4 heteroatoms. The first-order chi connectivity index (χ1) is 8.24. The lowest BCUT2D eigenvalue weighted by atomic mass is 10.2. The van der Waals surface area contributed by atoms with Crippen LogP contribution in [0, 0.1) is 0 Å². The van der Waals surface area contributed by atoms with E-state index in [-0.39, 0.29) is 5.91 Å². The van der Waals surface area contributed by atoms with Crippen LogP contribution < -0.4 is 9.80 Å². The maximum Gasteiger partial charge on any atom is 0.227 e. The molecular weight excluding hydrogens is 232 g/mol. The predicted molar refractivity (Wildman–Crippen MR) is 75.2 cm³/mol. The lowest BCUT2D eigenvalue weighted by Crippen LogP contribution is -2.31. The van der Waals surface area contributed by atoms with Crippen molar-refractivity contribution in [1.82, 2.24) is 0 Å². The SMILES string of the molecule is CN1CCCN(C(=O)CCS)c2ccccc21. The zero-order chi connectivity index (χ0) is 12.3. The minimum Gasteiger partial charge on any atom is -0.373 e. The summed E-state index contributed by atoms with van der Waals surface area (Å²) in [6, 6.07) is 8.09. The molecule has 0 bridgehead atoms. The Kier molecular flexibility index (Phi) is 3.94. The highest BCUT2D eigenvalue weighted by molar-refractivity contribution is 7.80. The van der Waals surface area contributed by atoms with Gasteiger partial charge in [-0.2, -0.15) is 12.6 Å². The van der Waals surface area contributed by atoms with Gasteiger partial charge in [0.05, 0.1) is 11.4 Å². The molecule has 1 heterocycles. The molecule has 3 nitrogen and oxygen atoms in total. The summed E-state index contributed by atoms with van der Waals surface area (Å²) in [5.74, 6) is 0.774. The Morgan fingerprint density at radius 2 is 2.00 bits per heavy atom. The van der Waals surface area contributed by atoms with Crippen LogP contribution in [-0.2, 0) is 4.79 Å². The van der Waals surface area contributed by atoms with Crippen molar-refractivity contribution in [3.8, 4) is 0 Å². The van der Waals surface area contributed by atoms with E-state index in [0.717, 1.165) is 30.9 Å². The number of carbonyl (C=O) groups is 1. The van der Waals surface area contributed by atoms with E-state index < -0.39 is 0 Å². The van der Waals surface area contributed by atoms with E-state index in [1.165, 1.54) is 0 Å². The molecule has 92 valence electrons. The first-order valence-electron chi connectivity index (χ1n) is 5.95. The zero-order valence-corrected chi connectivity index (χ0v) is 11.0. The highest BCUT2D eigenvalue weighted by Crippen LogP contribution is 2.31. The summed E-state index contributed by atoms with van der Waals surface area (Å²) in [7, 11) is 2.07. The van der Waals surface area contributed by atoms with Gasteiger partial charge in [0.2, 0.25) is 5.91 Å². The van der Waals surface area contributed by atoms with Gasteiger partial charge in [0.1, 0.15) is 0 Å². The maximum absolute atomic E-state index is 12.1. The van der Waals surface area contributed by atoms with E-state index in [1.54, 1.807) is 0 Å². The van der Waals surface area contributed by atoms with Crippen LogP contribution in [0.25, 0.3) is 0 Å². The number of para-hydroxylation sites is 2. The Hall–Kier alpha value is -1.16. The van der Waals surface area contributed by atoms with E-state index >= 15 is 0 Å². The first kappa shape index (κ1) is 12.3. The smallest absolute Gasteiger partial charge is 0.227 e. The molecule has 1 aromatic carbocycles. The summed E-state index contributed by atoms with van der Waals surface area (Å²) < 4.78 is 0. The van der Waals surface area contributed by atoms with Gasteiger partial charge >= 0.3 is 0 Å². The summed E-state index contributed by atoms with van der Waals surface area (Å²) in [6.07, 6.45) is 1.50. The highest BCUT2D eigenvalue weighted by Gasteiger charge is 2.22. The lowest BCUT2D eigenvalue weighted by Gasteiger charge is -2.24. The van der Waals surface area contributed by atoms with Crippen molar-refractivity contribution in [2.24, 2.45) is 0 Å². The van der Waals surface area contributed by atoms with Gasteiger partial charge in [-0.05, 0) is 24.3 Å². The van der Waals surface area contributed by atoms with E-state index in [4.69, 9.17) is 0 Å². The Bertz CT molecular complexity index is 408. The fourth-order valence-electron chi connectivity index (χ4n) is 2.21. The second-order valence-electron chi connectivity index (χ2n) is 4.28. The third kappa shape index (κ3) is 2.57. The summed E-state index contributed by atoms with van der Waals surface area (Å²) >= 11 is 4.14. The molecule has 1 aliphatic heterocycles. The minimum atomic E-state index is 0.169. The largest absolute Gasteiger partial charge is 0.373 e. The molecule has 0 N–H and O–H groups in total. The van der Waals surface area contributed by atoms with Crippen molar-refractivity contribution in [2.45, 2.75) is 12.8 Å². The van der Waals surface area contributed by atoms with Crippen LogP contribution in [0.1, 0.15) is 12.8 Å². The number of carbonyl (C=O) groups excluding carboxylic acids is 1. The lowest BCUT2D eigenvalue weighted by molar-refractivity contribution is -0.118. The number of benzene rings is 1. The molecule has 1 amide bonds. The monoisotopic (exact) mass is 250 g/mol. The molecule has 1 aliphatic rings. The number of hydrogen-bond donors (Lipinski definition) is 1. The van der Waals surface area contributed by atoms with Gasteiger partial charge in [-0.1, -0.05) is 12.1 Å². The van der Waals surface area contributed by atoms with Gasteiger partial charge in [-0.15, -0.1) is 0 Å². The zero-order valence-electron chi connectivity index (χ0n) is 10.1. The fraction of sp³-hybridized carbons (Fsp3) is 0.462. The van der Waals surface area contributed by atoms with Crippen LogP contribution >= 0.6 is 12.6 Å². The molecule has 0 aliphatic carbocycles. The molecule has 2 rings (SSSR count). The topological polar surface area (TPSA) is 23.6 Å². The van der Waals surface area contributed by atoms with Gasteiger partial charge in [0.15, 0.2) is 0 Å². The molecule has 0 unspecified atom stereocenters. The highest BCUT2D eigenvalue weighted by atomic mass is 32.1. The standard InChI is InChI=1S/C13H18N2OS/c1-14-8-4-9-15(13(16)7-10-17)12-6-3-2-5-11(12)14/h2-3,5-6,17H,4,7-10H2,1H3. The summed E-state index contributed by atoms with van der Waals surface area (Å²) in [4.78, 5) is 16.2. The van der Waals surface area contributed by atoms with Crippen LogP contribution in [0.15, 0.2) is 24.3 Å². The van der Waals surface area contributed by atoms with Gasteiger partial charge in [0, 0.05) is 26.6 Å². The maximum atomic E-state index is 12.1. The van der Waals surface area contributed by atoms with Gasteiger partial charge in [-0.25, -0.2) is 0 Å². The van der Waals surface area contributed by atoms with E-state index in [0.29, 0.717) is 12.2 Å². The van der Waals surface area contributed by atoms with Crippen LogP contribution in [0.3, 0.4) is 0 Å². The van der Waals surface area contributed by atoms with Crippen molar-refractivity contribution in [1.29, 1.82) is 0 Å². The molecule has 0 saturated heterocycles. The minimum absolute atomic E-state index is 0.169. The number of anilines is 2. The molecule has 0 radical (unpaired) electrons. The second kappa shape index (κ2) is 5.45. The average molecular weight is 250 g/mol. The molecule has 1 aromatic rings. The number of amides is 1.